The second-order valence-corrected chi connectivity index (χ2v) is 18.5. The van der Waals surface area contributed by atoms with E-state index in [1.165, 1.54) is 6.07 Å². The van der Waals surface area contributed by atoms with Gasteiger partial charge in [0.1, 0.15) is 11.0 Å². The summed E-state index contributed by atoms with van der Waals surface area (Å²) in [6, 6.07) is 31.2. The van der Waals surface area contributed by atoms with Gasteiger partial charge in [0.2, 0.25) is 0 Å². The number of nitro groups is 2. The van der Waals surface area contributed by atoms with E-state index in [9.17, 15) is 20.2 Å². The standard InChI is InChI=1S/C49H48N6O4/c1-47(2,3)31-16-10-28(11-17-31)42-35-23-22-34(50-35)38-26-40(54(56)57)45(52-38)43(29-12-18-32(19-13-29)48(4,5)6)36-24-25-37(51-36)44(46-41(55(58)59)27-39(42)53-46)30-14-20-33(21-15-30)49(7,8)9/h10-27,51-53H,1-9H3. The number of fused-ring (bicyclic) bond motifs is 9. The summed E-state index contributed by atoms with van der Waals surface area (Å²) >= 11 is 0. The Balaban J connectivity index is 1.58. The fourth-order valence-corrected chi connectivity index (χ4v) is 7.89. The molecule has 8 bridgehead atoms. The number of hydrogen-bond acceptors (Lipinski definition) is 5. The maximum Gasteiger partial charge on any atom is 0.295 e. The van der Waals surface area contributed by atoms with Gasteiger partial charge in [0.05, 0.1) is 32.3 Å². The molecule has 1 aliphatic rings. The Morgan fingerprint density at radius 1 is 0.441 bits per heavy atom. The van der Waals surface area contributed by atoms with Gasteiger partial charge in [-0.3, -0.25) is 20.2 Å². The zero-order chi connectivity index (χ0) is 42.2. The van der Waals surface area contributed by atoms with Crippen LogP contribution in [0.2, 0.25) is 0 Å². The summed E-state index contributed by atoms with van der Waals surface area (Å²) in [5, 5.41) is 26.0. The van der Waals surface area contributed by atoms with Crippen molar-refractivity contribution in [3.05, 3.63) is 145 Å². The highest BCUT2D eigenvalue weighted by atomic mass is 16.6. The summed E-state index contributed by atoms with van der Waals surface area (Å²) in [7, 11) is 0. The van der Waals surface area contributed by atoms with Gasteiger partial charge in [0.25, 0.3) is 11.4 Å². The quantitative estimate of drug-likeness (QED) is 0.117. The van der Waals surface area contributed by atoms with E-state index in [2.05, 4.69) is 102 Å². The first-order valence-electron chi connectivity index (χ1n) is 19.8. The van der Waals surface area contributed by atoms with Crippen LogP contribution < -0.4 is 0 Å². The van der Waals surface area contributed by atoms with Crippen LogP contribution in [0.5, 0.6) is 0 Å². The number of nitrogens with one attached hydrogen (secondary N) is 3. The first-order valence-corrected chi connectivity index (χ1v) is 19.8. The highest BCUT2D eigenvalue weighted by Crippen LogP contribution is 2.42. The number of aromatic nitrogens is 4. The monoisotopic (exact) mass is 784 g/mol. The summed E-state index contributed by atoms with van der Waals surface area (Å²) in [4.78, 5) is 40.9. The van der Waals surface area contributed by atoms with E-state index in [1.54, 1.807) is 6.07 Å². The normalized spacial score (nSPS) is 12.7. The van der Waals surface area contributed by atoms with Gasteiger partial charge in [-0.25, -0.2) is 4.98 Å². The summed E-state index contributed by atoms with van der Waals surface area (Å²) in [5.41, 5.74) is 10.8. The molecule has 0 aliphatic carbocycles. The van der Waals surface area contributed by atoms with Crippen molar-refractivity contribution >= 4 is 56.6 Å². The van der Waals surface area contributed by atoms with Crippen LogP contribution in [0.25, 0.3) is 78.6 Å². The van der Waals surface area contributed by atoms with Gasteiger partial charge in [-0.05, 0) is 73.9 Å². The van der Waals surface area contributed by atoms with Crippen molar-refractivity contribution in [2.45, 2.75) is 78.6 Å². The van der Waals surface area contributed by atoms with Crippen LogP contribution in [0.15, 0.2) is 97.1 Å². The van der Waals surface area contributed by atoms with Crippen LogP contribution >= 0.6 is 0 Å². The number of aromatic amines is 3. The maximum absolute atomic E-state index is 13.1. The van der Waals surface area contributed by atoms with Crippen LogP contribution in [0.3, 0.4) is 0 Å². The van der Waals surface area contributed by atoms with Crippen LogP contribution in [0, 0.1) is 20.2 Å². The molecule has 3 N–H and O–H groups in total. The number of rotatable bonds is 5. The third-order valence-electron chi connectivity index (χ3n) is 11.3. The summed E-state index contributed by atoms with van der Waals surface area (Å²) in [6.07, 6.45) is 3.68. The van der Waals surface area contributed by atoms with Gasteiger partial charge >= 0.3 is 0 Å². The van der Waals surface area contributed by atoms with E-state index >= 15 is 0 Å². The molecule has 10 heteroatoms. The van der Waals surface area contributed by atoms with E-state index < -0.39 is 0 Å². The van der Waals surface area contributed by atoms with E-state index in [-0.39, 0.29) is 37.5 Å². The molecule has 10 nitrogen and oxygen atoms in total. The molecule has 3 aromatic carbocycles. The van der Waals surface area contributed by atoms with Crippen LogP contribution in [-0.4, -0.2) is 29.8 Å². The lowest BCUT2D eigenvalue weighted by molar-refractivity contribution is -0.383. The van der Waals surface area contributed by atoms with Crippen molar-refractivity contribution in [1.29, 1.82) is 0 Å². The van der Waals surface area contributed by atoms with Gasteiger partial charge < -0.3 is 15.0 Å². The van der Waals surface area contributed by atoms with Gasteiger partial charge in [-0.2, -0.15) is 0 Å². The lowest BCUT2D eigenvalue weighted by atomic mass is 9.86. The molecule has 7 aromatic rings. The molecule has 0 saturated carbocycles. The molecular weight excluding hydrogens is 737 g/mol. The molecule has 5 heterocycles. The average molecular weight is 785 g/mol. The molecule has 1 aliphatic heterocycles. The highest BCUT2D eigenvalue weighted by Gasteiger charge is 2.25. The fraction of sp³-hybridized carbons (Fsp3) is 0.245. The van der Waals surface area contributed by atoms with Crippen LogP contribution in [0.4, 0.5) is 11.4 Å². The Morgan fingerprint density at radius 3 is 1.19 bits per heavy atom. The van der Waals surface area contributed by atoms with E-state index in [4.69, 9.17) is 4.98 Å². The van der Waals surface area contributed by atoms with Gasteiger partial charge in [-0.15, -0.1) is 0 Å². The van der Waals surface area contributed by atoms with E-state index in [0.717, 1.165) is 33.4 Å². The molecule has 0 fully saturated rings. The molecule has 0 unspecified atom stereocenters. The van der Waals surface area contributed by atoms with Crippen molar-refractivity contribution in [1.82, 2.24) is 19.9 Å². The Hall–Kier alpha value is -6.81. The van der Waals surface area contributed by atoms with E-state index in [0.29, 0.717) is 61.2 Å². The first-order chi connectivity index (χ1) is 27.8. The smallest absolute Gasteiger partial charge is 0.295 e. The third-order valence-corrected chi connectivity index (χ3v) is 11.3. The summed E-state index contributed by atoms with van der Waals surface area (Å²) in [5.74, 6) is 0. The molecule has 59 heavy (non-hydrogen) atoms. The molecule has 0 atom stereocenters. The second kappa shape index (κ2) is 13.9. The van der Waals surface area contributed by atoms with Crippen molar-refractivity contribution in [3.63, 3.8) is 0 Å². The van der Waals surface area contributed by atoms with E-state index in [1.807, 2.05) is 72.8 Å². The van der Waals surface area contributed by atoms with Gasteiger partial charge in [-0.1, -0.05) is 135 Å². The van der Waals surface area contributed by atoms with Crippen molar-refractivity contribution in [2.24, 2.45) is 0 Å². The minimum absolute atomic E-state index is 0.0963. The molecule has 0 spiro atoms. The summed E-state index contributed by atoms with van der Waals surface area (Å²) < 4.78 is 0. The van der Waals surface area contributed by atoms with Gasteiger partial charge in [0.15, 0.2) is 0 Å². The zero-order valence-electron chi connectivity index (χ0n) is 34.9. The first kappa shape index (κ1) is 39.0. The zero-order valence-corrected chi connectivity index (χ0v) is 34.9. The average Bonchev–Trinajstić information content (AvgIpc) is 3.99. The predicted octanol–water partition coefficient (Wildman–Crippen LogP) is 13.4. The maximum atomic E-state index is 13.1. The molecule has 4 aromatic heterocycles. The van der Waals surface area contributed by atoms with Crippen molar-refractivity contribution in [3.8, 4) is 33.4 Å². The lowest BCUT2D eigenvalue weighted by Crippen LogP contribution is -2.10. The van der Waals surface area contributed by atoms with Gasteiger partial charge in [0, 0.05) is 39.9 Å². The molecule has 0 amide bonds. The van der Waals surface area contributed by atoms with Crippen molar-refractivity contribution in [2.75, 3.05) is 0 Å². The Morgan fingerprint density at radius 2 is 0.797 bits per heavy atom. The van der Waals surface area contributed by atoms with Crippen molar-refractivity contribution < 1.29 is 9.85 Å². The second-order valence-electron chi connectivity index (χ2n) is 18.5. The SMILES string of the molecule is CC(C)(C)c1ccc(-c2c3nc(c4cc([N+](=O)[O-])c([nH]4)c(-c4ccc(C(C)(C)C)cc4)c4ccc([nH]4)c(-c4ccc(C(C)(C)C)cc4)c4[nH]c2cc4[N+](=O)[O-])C=C3)cc1. The largest absolute Gasteiger partial charge is 0.354 e. The Bertz CT molecular complexity index is 2960. The fourth-order valence-electron chi connectivity index (χ4n) is 7.89. The number of H-pyrrole nitrogens is 3. The third kappa shape index (κ3) is 7.20. The number of benzene rings is 3. The van der Waals surface area contributed by atoms with Crippen LogP contribution in [-0.2, 0) is 16.2 Å². The molecule has 0 saturated heterocycles. The molecule has 0 radical (unpaired) electrons. The minimum Gasteiger partial charge on any atom is -0.354 e. The Kier molecular flexibility index (Phi) is 9.22. The number of hydrogen-bond donors (Lipinski definition) is 3. The topological polar surface area (TPSA) is 147 Å². The van der Waals surface area contributed by atoms with Crippen LogP contribution in [0.1, 0.15) is 90.4 Å². The molecule has 298 valence electrons. The predicted molar refractivity (Wildman–Crippen MR) is 241 cm³/mol. The molecular formula is C49H48N6O4. The Labute approximate surface area is 342 Å². The number of nitrogens with zero attached hydrogens (tertiary/aromatic N) is 3. The highest BCUT2D eigenvalue weighted by molar-refractivity contribution is 6.04. The molecule has 8 rings (SSSR count). The minimum atomic E-state index is -0.374. The summed E-state index contributed by atoms with van der Waals surface area (Å²) in [6.45, 7) is 19.3. The lowest BCUT2D eigenvalue weighted by Gasteiger charge is -2.19.